The van der Waals surface area contributed by atoms with Crippen LogP contribution in [-0.4, -0.2) is 35.0 Å². The molecule has 0 bridgehead atoms. The normalized spacial score (nSPS) is 14.8. The molecule has 26 heavy (non-hydrogen) atoms. The Balaban J connectivity index is 2.12. The number of phenols is 1. The number of phenolic OH excluding ortho intramolecular Hbond substituents is 1. The number of imide groups is 1. The van der Waals surface area contributed by atoms with Crippen LogP contribution in [0.4, 0.5) is 0 Å². The third kappa shape index (κ3) is 2.81. The van der Waals surface area contributed by atoms with Crippen LogP contribution in [0.15, 0.2) is 24.3 Å². The number of benzene rings is 2. The first kappa shape index (κ1) is 18.2. The minimum atomic E-state index is -0.288. The molecule has 1 N–H and O–H groups in total. The van der Waals surface area contributed by atoms with Gasteiger partial charge in [-0.1, -0.05) is 33.1 Å². The maximum absolute atomic E-state index is 13.1. The summed E-state index contributed by atoms with van der Waals surface area (Å²) in [5.74, 6) is -0.119. The molecule has 1 heterocycles. The van der Waals surface area contributed by atoms with Crippen LogP contribution in [0.2, 0.25) is 0 Å². The highest BCUT2D eigenvalue weighted by atomic mass is 16.5. The summed E-state index contributed by atoms with van der Waals surface area (Å²) in [6.07, 6.45) is 4.72. The molecule has 2 aromatic carbocycles. The first-order chi connectivity index (χ1) is 12.5. The van der Waals surface area contributed by atoms with Crippen molar-refractivity contribution in [2.75, 3.05) is 7.11 Å². The predicted octanol–water partition coefficient (Wildman–Crippen LogP) is 4.51. The van der Waals surface area contributed by atoms with Gasteiger partial charge in [-0.2, -0.15) is 0 Å². The van der Waals surface area contributed by atoms with Crippen LogP contribution in [0.5, 0.6) is 11.5 Å². The lowest BCUT2D eigenvalue weighted by Crippen LogP contribution is -2.46. The SMILES string of the molecule is CCCCCC(CC)N1C(=O)c2ccc(O)c3c(OC)ccc(c23)C1=O. The van der Waals surface area contributed by atoms with Crippen molar-refractivity contribution in [1.29, 1.82) is 0 Å². The number of carbonyl (C=O) groups excluding carboxylic acids is 2. The van der Waals surface area contributed by atoms with E-state index in [0.29, 0.717) is 27.6 Å². The Morgan fingerprint density at radius 3 is 2.23 bits per heavy atom. The van der Waals surface area contributed by atoms with Crippen molar-refractivity contribution in [2.24, 2.45) is 0 Å². The van der Waals surface area contributed by atoms with Crippen molar-refractivity contribution in [2.45, 2.75) is 52.0 Å². The molecule has 0 aliphatic carbocycles. The average molecular weight is 355 g/mol. The molecule has 0 spiro atoms. The minimum Gasteiger partial charge on any atom is -0.507 e. The van der Waals surface area contributed by atoms with Gasteiger partial charge in [-0.25, -0.2) is 0 Å². The molecule has 0 saturated carbocycles. The molecular weight excluding hydrogens is 330 g/mol. The highest BCUT2D eigenvalue weighted by Gasteiger charge is 2.37. The lowest BCUT2D eigenvalue weighted by Gasteiger charge is -2.33. The van der Waals surface area contributed by atoms with Gasteiger partial charge in [-0.05, 0) is 37.1 Å². The van der Waals surface area contributed by atoms with E-state index in [1.807, 2.05) is 6.92 Å². The molecule has 1 atom stereocenters. The monoisotopic (exact) mass is 355 g/mol. The largest absolute Gasteiger partial charge is 0.507 e. The summed E-state index contributed by atoms with van der Waals surface area (Å²) in [7, 11) is 1.50. The summed E-state index contributed by atoms with van der Waals surface area (Å²) >= 11 is 0. The van der Waals surface area contributed by atoms with E-state index in [1.165, 1.54) is 18.1 Å². The van der Waals surface area contributed by atoms with E-state index in [9.17, 15) is 14.7 Å². The molecule has 5 nitrogen and oxygen atoms in total. The summed E-state index contributed by atoms with van der Waals surface area (Å²) < 4.78 is 5.32. The van der Waals surface area contributed by atoms with Crippen LogP contribution in [0, 0.1) is 0 Å². The van der Waals surface area contributed by atoms with Crippen molar-refractivity contribution in [1.82, 2.24) is 4.90 Å². The third-order valence-electron chi connectivity index (χ3n) is 5.20. The Hall–Kier alpha value is -2.56. The van der Waals surface area contributed by atoms with Crippen molar-refractivity contribution < 1.29 is 19.4 Å². The number of aromatic hydroxyl groups is 1. The van der Waals surface area contributed by atoms with Crippen molar-refractivity contribution >= 4 is 22.6 Å². The molecular formula is C21H25NO4. The molecule has 1 aliphatic rings. The van der Waals surface area contributed by atoms with Crippen LogP contribution >= 0.6 is 0 Å². The lowest BCUT2D eigenvalue weighted by molar-refractivity contribution is 0.0524. The summed E-state index contributed by atoms with van der Waals surface area (Å²) in [4.78, 5) is 27.7. The maximum atomic E-state index is 13.1. The number of ether oxygens (including phenoxy) is 1. The van der Waals surface area contributed by atoms with E-state index >= 15 is 0 Å². The van der Waals surface area contributed by atoms with Gasteiger partial charge in [0.2, 0.25) is 0 Å². The third-order valence-corrected chi connectivity index (χ3v) is 5.20. The van der Waals surface area contributed by atoms with Gasteiger partial charge in [0.1, 0.15) is 11.5 Å². The Morgan fingerprint density at radius 2 is 1.65 bits per heavy atom. The molecule has 0 fully saturated rings. The summed E-state index contributed by atoms with van der Waals surface area (Å²) in [6, 6.07) is 6.34. The van der Waals surface area contributed by atoms with Gasteiger partial charge in [-0.15, -0.1) is 0 Å². The Kier molecular flexibility index (Phi) is 5.16. The second-order valence-electron chi connectivity index (χ2n) is 6.74. The number of carbonyl (C=O) groups is 2. The zero-order chi connectivity index (χ0) is 18.8. The van der Waals surface area contributed by atoms with Crippen LogP contribution in [-0.2, 0) is 0 Å². The van der Waals surface area contributed by atoms with Gasteiger partial charge in [0.15, 0.2) is 0 Å². The van der Waals surface area contributed by atoms with Gasteiger partial charge in [0, 0.05) is 22.6 Å². The number of unbranched alkanes of at least 4 members (excludes halogenated alkanes) is 2. The molecule has 3 rings (SSSR count). The second-order valence-corrected chi connectivity index (χ2v) is 6.74. The first-order valence-electron chi connectivity index (χ1n) is 9.25. The van der Waals surface area contributed by atoms with Gasteiger partial charge >= 0.3 is 0 Å². The van der Waals surface area contributed by atoms with E-state index in [2.05, 4.69) is 6.92 Å². The zero-order valence-corrected chi connectivity index (χ0v) is 15.5. The fourth-order valence-electron chi connectivity index (χ4n) is 3.80. The molecule has 1 aliphatic heterocycles. The number of amides is 2. The highest BCUT2D eigenvalue weighted by molar-refractivity contribution is 6.27. The second kappa shape index (κ2) is 7.36. The van der Waals surface area contributed by atoms with E-state index in [0.717, 1.165) is 32.1 Å². The number of rotatable bonds is 7. The maximum Gasteiger partial charge on any atom is 0.261 e. The van der Waals surface area contributed by atoms with Crippen LogP contribution in [0.1, 0.15) is 66.7 Å². The molecule has 2 aromatic rings. The van der Waals surface area contributed by atoms with Gasteiger partial charge < -0.3 is 9.84 Å². The van der Waals surface area contributed by atoms with Crippen molar-refractivity contribution in [3.8, 4) is 11.5 Å². The molecule has 138 valence electrons. The van der Waals surface area contributed by atoms with Gasteiger partial charge in [0.25, 0.3) is 11.8 Å². The van der Waals surface area contributed by atoms with Gasteiger partial charge in [-0.3, -0.25) is 14.5 Å². The van der Waals surface area contributed by atoms with Crippen molar-refractivity contribution in [3.05, 3.63) is 35.4 Å². The Labute approximate surface area is 153 Å². The molecule has 0 radical (unpaired) electrons. The van der Waals surface area contributed by atoms with E-state index in [4.69, 9.17) is 4.74 Å². The quantitative estimate of drug-likeness (QED) is 0.586. The molecule has 2 amide bonds. The summed E-state index contributed by atoms with van der Waals surface area (Å²) in [6.45, 7) is 4.14. The Morgan fingerprint density at radius 1 is 1.00 bits per heavy atom. The first-order valence-corrected chi connectivity index (χ1v) is 9.25. The fourth-order valence-corrected chi connectivity index (χ4v) is 3.80. The van der Waals surface area contributed by atoms with E-state index in [-0.39, 0.29) is 23.6 Å². The van der Waals surface area contributed by atoms with E-state index in [1.54, 1.807) is 18.2 Å². The van der Waals surface area contributed by atoms with Gasteiger partial charge in [0.05, 0.1) is 12.5 Å². The molecule has 0 saturated heterocycles. The number of hydrogen-bond donors (Lipinski definition) is 1. The minimum absolute atomic E-state index is 0.00601. The van der Waals surface area contributed by atoms with Crippen LogP contribution in [0.25, 0.3) is 10.8 Å². The summed E-state index contributed by atoms with van der Waals surface area (Å²) in [5.41, 5.74) is 0.889. The lowest BCUT2D eigenvalue weighted by atomic mass is 9.91. The standard InChI is InChI=1S/C21H25NO4/c1-4-6-7-8-13(5-2)22-20(24)14-9-11-16(23)19-17(26-3)12-10-15(18(14)19)21(22)25/h9-13,23H,4-8H2,1-3H3. The average Bonchev–Trinajstić information content (AvgIpc) is 2.65. The van der Waals surface area contributed by atoms with Crippen LogP contribution in [0.3, 0.4) is 0 Å². The van der Waals surface area contributed by atoms with Crippen LogP contribution < -0.4 is 4.74 Å². The summed E-state index contributed by atoms with van der Waals surface area (Å²) in [5, 5.41) is 11.2. The zero-order valence-electron chi connectivity index (χ0n) is 15.5. The smallest absolute Gasteiger partial charge is 0.261 e. The number of methoxy groups -OCH3 is 1. The molecule has 0 aromatic heterocycles. The van der Waals surface area contributed by atoms with E-state index < -0.39 is 0 Å². The molecule has 1 unspecified atom stereocenters. The highest BCUT2D eigenvalue weighted by Crippen LogP contribution is 2.41. The fraction of sp³-hybridized carbons (Fsp3) is 0.429. The topological polar surface area (TPSA) is 66.8 Å². The Bertz CT molecular complexity index is 836. The van der Waals surface area contributed by atoms with Crippen molar-refractivity contribution in [3.63, 3.8) is 0 Å². The molecule has 5 heteroatoms. The predicted molar refractivity (Wildman–Crippen MR) is 101 cm³/mol. The number of hydrogen-bond acceptors (Lipinski definition) is 4. The number of nitrogens with zero attached hydrogens (tertiary/aromatic N) is 1.